The lowest BCUT2D eigenvalue weighted by molar-refractivity contribution is 0.939. The molecule has 2 aromatic rings. The van der Waals surface area contributed by atoms with Crippen LogP contribution in [0.15, 0.2) is 22.7 Å². The summed E-state index contributed by atoms with van der Waals surface area (Å²) in [4.78, 5) is 8.76. The van der Waals surface area contributed by atoms with Gasteiger partial charge in [0, 0.05) is 6.42 Å². The molecule has 0 fully saturated rings. The van der Waals surface area contributed by atoms with Gasteiger partial charge in [0.25, 0.3) is 0 Å². The van der Waals surface area contributed by atoms with Crippen LogP contribution in [0.5, 0.6) is 0 Å². The Morgan fingerprint density at radius 2 is 1.67 bits per heavy atom. The van der Waals surface area contributed by atoms with Crippen LogP contribution in [0.25, 0.3) is 0 Å². The number of nitrogens with zero attached hydrogens (tertiary/aromatic N) is 2. The quantitative estimate of drug-likeness (QED) is 0.926. The lowest BCUT2D eigenvalue weighted by atomic mass is 10.0. The normalized spacial score (nSPS) is 10.7. The minimum atomic E-state index is 0.502. The molecule has 0 bridgehead atoms. The molecule has 0 spiro atoms. The standard InChI is InChI=1S/C14H16BrN3/c1-8-4-9(2)6-11(5-8)7-12-17-10(3)13(15)14(16)18-12/h4-6H,7H2,1-3H3,(H2,16,17,18). The van der Waals surface area contributed by atoms with E-state index >= 15 is 0 Å². The molecule has 18 heavy (non-hydrogen) atoms. The Balaban J connectivity index is 2.34. The molecular weight excluding hydrogens is 290 g/mol. The zero-order valence-electron chi connectivity index (χ0n) is 10.8. The van der Waals surface area contributed by atoms with Gasteiger partial charge in [-0.3, -0.25) is 0 Å². The number of hydrogen-bond acceptors (Lipinski definition) is 3. The van der Waals surface area contributed by atoms with Gasteiger partial charge in [-0.15, -0.1) is 0 Å². The maximum Gasteiger partial charge on any atom is 0.141 e. The molecular formula is C14H16BrN3. The van der Waals surface area contributed by atoms with Crippen molar-refractivity contribution in [2.24, 2.45) is 0 Å². The van der Waals surface area contributed by atoms with E-state index in [0.29, 0.717) is 12.2 Å². The highest BCUT2D eigenvalue weighted by atomic mass is 79.9. The van der Waals surface area contributed by atoms with Crippen molar-refractivity contribution >= 4 is 21.7 Å². The second-order valence-corrected chi connectivity index (χ2v) is 5.39. The largest absolute Gasteiger partial charge is 0.383 e. The van der Waals surface area contributed by atoms with Crippen LogP contribution in [-0.4, -0.2) is 9.97 Å². The van der Waals surface area contributed by atoms with Gasteiger partial charge in [-0.1, -0.05) is 29.3 Å². The van der Waals surface area contributed by atoms with E-state index in [4.69, 9.17) is 5.73 Å². The monoisotopic (exact) mass is 305 g/mol. The summed E-state index contributed by atoms with van der Waals surface area (Å²) in [6.45, 7) is 6.12. The fraction of sp³-hybridized carbons (Fsp3) is 0.286. The van der Waals surface area contributed by atoms with Gasteiger partial charge >= 0.3 is 0 Å². The van der Waals surface area contributed by atoms with E-state index in [9.17, 15) is 0 Å². The molecule has 0 aliphatic rings. The molecule has 0 unspecified atom stereocenters. The van der Waals surface area contributed by atoms with E-state index in [1.54, 1.807) is 0 Å². The number of rotatable bonds is 2. The average Bonchev–Trinajstić information content (AvgIpc) is 2.24. The number of nitrogens with two attached hydrogens (primary N) is 1. The minimum absolute atomic E-state index is 0.502. The number of aromatic nitrogens is 2. The van der Waals surface area contributed by atoms with Crippen LogP contribution in [-0.2, 0) is 6.42 Å². The Morgan fingerprint density at radius 1 is 1.06 bits per heavy atom. The van der Waals surface area contributed by atoms with Gasteiger partial charge in [-0.05, 0) is 42.3 Å². The molecule has 4 heteroatoms. The molecule has 1 heterocycles. The molecule has 0 radical (unpaired) electrons. The summed E-state index contributed by atoms with van der Waals surface area (Å²) < 4.78 is 0.784. The average molecular weight is 306 g/mol. The summed E-state index contributed by atoms with van der Waals surface area (Å²) in [5, 5.41) is 0. The SMILES string of the molecule is Cc1cc(C)cc(Cc2nc(C)c(Br)c(N)n2)c1. The number of aryl methyl sites for hydroxylation is 3. The molecule has 0 aliphatic heterocycles. The Labute approximate surface area is 116 Å². The predicted octanol–water partition coefficient (Wildman–Crippen LogP) is 3.34. The fourth-order valence-electron chi connectivity index (χ4n) is 2.07. The van der Waals surface area contributed by atoms with Crippen LogP contribution in [0.1, 0.15) is 28.2 Å². The molecule has 0 atom stereocenters. The molecule has 2 rings (SSSR count). The molecule has 1 aromatic heterocycles. The van der Waals surface area contributed by atoms with Crippen molar-refractivity contribution in [2.45, 2.75) is 27.2 Å². The third-order valence-electron chi connectivity index (χ3n) is 2.73. The van der Waals surface area contributed by atoms with Gasteiger partial charge in [-0.25, -0.2) is 9.97 Å². The molecule has 3 nitrogen and oxygen atoms in total. The van der Waals surface area contributed by atoms with Crippen LogP contribution in [0, 0.1) is 20.8 Å². The van der Waals surface area contributed by atoms with E-state index in [1.807, 2.05) is 6.92 Å². The van der Waals surface area contributed by atoms with Gasteiger partial charge in [0.2, 0.25) is 0 Å². The van der Waals surface area contributed by atoms with Crippen LogP contribution < -0.4 is 5.73 Å². The molecule has 0 aliphatic carbocycles. The molecule has 94 valence electrons. The number of nitrogen functional groups attached to an aromatic ring is 1. The minimum Gasteiger partial charge on any atom is -0.383 e. The Morgan fingerprint density at radius 3 is 2.22 bits per heavy atom. The van der Waals surface area contributed by atoms with E-state index in [2.05, 4.69) is 57.9 Å². The van der Waals surface area contributed by atoms with Crippen LogP contribution >= 0.6 is 15.9 Å². The molecule has 2 N–H and O–H groups in total. The van der Waals surface area contributed by atoms with Crippen LogP contribution in [0.3, 0.4) is 0 Å². The maximum absolute atomic E-state index is 5.84. The predicted molar refractivity (Wildman–Crippen MR) is 77.6 cm³/mol. The third kappa shape index (κ3) is 2.88. The van der Waals surface area contributed by atoms with E-state index in [1.165, 1.54) is 16.7 Å². The summed E-state index contributed by atoms with van der Waals surface area (Å²) in [7, 11) is 0. The zero-order valence-corrected chi connectivity index (χ0v) is 12.4. The maximum atomic E-state index is 5.84. The first-order chi connectivity index (χ1) is 8.45. The molecule has 0 saturated heterocycles. The summed E-state index contributed by atoms with van der Waals surface area (Å²) in [5.41, 5.74) is 10.4. The number of halogens is 1. The first-order valence-corrected chi connectivity index (χ1v) is 6.60. The van der Waals surface area contributed by atoms with E-state index in [0.717, 1.165) is 16.0 Å². The molecule has 0 saturated carbocycles. The first kappa shape index (κ1) is 13.0. The Kier molecular flexibility index (Phi) is 3.66. The second-order valence-electron chi connectivity index (χ2n) is 4.60. The summed E-state index contributed by atoms with van der Waals surface area (Å²) >= 11 is 3.37. The highest BCUT2D eigenvalue weighted by Crippen LogP contribution is 2.21. The Bertz CT molecular complexity index is 550. The first-order valence-electron chi connectivity index (χ1n) is 5.81. The second kappa shape index (κ2) is 5.06. The zero-order chi connectivity index (χ0) is 13.3. The molecule has 1 aromatic carbocycles. The van der Waals surface area contributed by atoms with E-state index in [-0.39, 0.29) is 0 Å². The van der Waals surface area contributed by atoms with Crippen molar-refractivity contribution in [2.75, 3.05) is 5.73 Å². The van der Waals surface area contributed by atoms with Crippen LogP contribution in [0.4, 0.5) is 5.82 Å². The van der Waals surface area contributed by atoms with Crippen molar-refractivity contribution in [3.8, 4) is 0 Å². The van der Waals surface area contributed by atoms with Crippen LogP contribution in [0.2, 0.25) is 0 Å². The summed E-state index contributed by atoms with van der Waals surface area (Å²) in [6.07, 6.45) is 0.709. The topological polar surface area (TPSA) is 51.8 Å². The van der Waals surface area contributed by atoms with Crippen molar-refractivity contribution in [1.29, 1.82) is 0 Å². The van der Waals surface area contributed by atoms with Crippen molar-refractivity contribution < 1.29 is 0 Å². The molecule has 0 amide bonds. The van der Waals surface area contributed by atoms with E-state index < -0.39 is 0 Å². The lowest BCUT2D eigenvalue weighted by Crippen LogP contribution is -2.04. The van der Waals surface area contributed by atoms with Gasteiger partial charge < -0.3 is 5.73 Å². The van der Waals surface area contributed by atoms with Gasteiger partial charge in [-0.2, -0.15) is 0 Å². The van der Waals surface area contributed by atoms with Crippen molar-refractivity contribution in [3.63, 3.8) is 0 Å². The smallest absolute Gasteiger partial charge is 0.141 e. The number of hydrogen-bond donors (Lipinski definition) is 1. The summed E-state index contributed by atoms with van der Waals surface area (Å²) in [5.74, 6) is 1.26. The fourth-order valence-corrected chi connectivity index (χ4v) is 2.25. The van der Waals surface area contributed by atoms with Gasteiger partial charge in [0.15, 0.2) is 0 Å². The summed E-state index contributed by atoms with van der Waals surface area (Å²) in [6, 6.07) is 6.47. The number of benzene rings is 1. The number of anilines is 1. The highest BCUT2D eigenvalue weighted by molar-refractivity contribution is 9.10. The highest BCUT2D eigenvalue weighted by Gasteiger charge is 2.07. The van der Waals surface area contributed by atoms with Crippen molar-refractivity contribution in [3.05, 3.63) is 50.9 Å². The Hall–Kier alpha value is -1.42. The lowest BCUT2D eigenvalue weighted by Gasteiger charge is -2.07. The van der Waals surface area contributed by atoms with Gasteiger partial charge in [0.05, 0.1) is 10.2 Å². The van der Waals surface area contributed by atoms with Crippen molar-refractivity contribution in [1.82, 2.24) is 9.97 Å². The third-order valence-corrected chi connectivity index (χ3v) is 3.71. The van der Waals surface area contributed by atoms with Gasteiger partial charge in [0.1, 0.15) is 11.6 Å².